The Morgan fingerprint density at radius 1 is 0.875 bits per heavy atom. The lowest BCUT2D eigenvalue weighted by Crippen LogP contribution is -2.38. The first-order chi connectivity index (χ1) is 15.8. The SMILES string of the molecule is c1ccc2c(c1)Oc1cc3c(cc1-c1sc(COCCN4CCOCC4)cc1-2)CCCC3. The molecule has 3 aliphatic rings. The largest absolute Gasteiger partial charge is 0.456 e. The van der Waals surface area contributed by atoms with Crippen molar-refractivity contribution in [2.75, 3.05) is 39.5 Å². The van der Waals surface area contributed by atoms with Crippen molar-refractivity contribution in [3.8, 4) is 33.1 Å². The third kappa shape index (κ3) is 3.99. The van der Waals surface area contributed by atoms with Crippen LogP contribution in [0.3, 0.4) is 0 Å². The van der Waals surface area contributed by atoms with Crippen LogP contribution in [0.15, 0.2) is 42.5 Å². The van der Waals surface area contributed by atoms with Crippen molar-refractivity contribution in [1.82, 2.24) is 4.90 Å². The lowest BCUT2D eigenvalue weighted by atomic mass is 9.89. The van der Waals surface area contributed by atoms with Gasteiger partial charge >= 0.3 is 0 Å². The second kappa shape index (κ2) is 8.99. The molecule has 5 heteroatoms. The van der Waals surface area contributed by atoms with Crippen molar-refractivity contribution in [2.24, 2.45) is 0 Å². The number of thiophene rings is 1. The zero-order chi connectivity index (χ0) is 21.3. The van der Waals surface area contributed by atoms with Gasteiger partial charge in [-0.05, 0) is 61.1 Å². The van der Waals surface area contributed by atoms with E-state index in [2.05, 4.69) is 47.4 Å². The van der Waals surface area contributed by atoms with Gasteiger partial charge in [-0.2, -0.15) is 0 Å². The van der Waals surface area contributed by atoms with Crippen LogP contribution in [0.2, 0.25) is 0 Å². The molecule has 166 valence electrons. The zero-order valence-corrected chi connectivity index (χ0v) is 19.2. The highest BCUT2D eigenvalue weighted by atomic mass is 32.1. The van der Waals surface area contributed by atoms with Crippen LogP contribution in [0, 0.1) is 0 Å². The molecule has 0 unspecified atom stereocenters. The second-order valence-electron chi connectivity index (χ2n) is 8.88. The molecule has 1 saturated heterocycles. The maximum absolute atomic E-state index is 6.47. The fourth-order valence-corrected chi connectivity index (χ4v) is 6.16. The van der Waals surface area contributed by atoms with Gasteiger partial charge in [0, 0.05) is 46.1 Å². The van der Waals surface area contributed by atoms with Gasteiger partial charge in [-0.1, -0.05) is 18.2 Å². The summed E-state index contributed by atoms with van der Waals surface area (Å²) in [5.41, 5.74) is 6.63. The van der Waals surface area contributed by atoms with E-state index in [4.69, 9.17) is 14.2 Å². The average molecular weight is 448 g/mol. The van der Waals surface area contributed by atoms with E-state index in [1.807, 2.05) is 11.3 Å². The summed E-state index contributed by atoms with van der Waals surface area (Å²) in [6.45, 7) is 6.07. The van der Waals surface area contributed by atoms with Crippen LogP contribution < -0.4 is 4.74 Å². The minimum atomic E-state index is 0.658. The molecule has 0 bridgehead atoms. The van der Waals surface area contributed by atoms with E-state index < -0.39 is 0 Å². The van der Waals surface area contributed by atoms with Crippen molar-refractivity contribution in [3.63, 3.8) is 0 Å². The average Bonchev–Trinajstić information content (AvgIpc) is 3.21. The third-order valence-electron chi connectivity index (χ3n) is 6.77. The molecule has 3 heterocycles. The van der Waals surface area contributed by atoms with E-state index in [0.717, 1.165) is 57.4 Å². The normalized spacial score (nSPS) is 17.5. The van der Waals surface area contributed by atoms with E-state index in [9.17, 15) is 0 Å². The number of para-hydroxylation sites is 1. The van der Waals surface area contributed by atoms with Crippen LogP contribution in [-0.2, 0) is 28.9 Å². The summed E-state index contributed by atoms with van der Waals surface area (Å²) in [5.74, 6) is 1.94. The van der Waals surface area contributed by atoms with Gasteiger partial charge in [0.25, 0.3) is 0 Å². The molecule has 6 rings (SSSR count). The molecule has 0 amide bonds. The molecule has 32 heavy (non-hydrogen) atoms. The predicted molar refractivity (Wildman–Crippen MR) is 129 cm³/mol. The number of nitrogens with zero attached hydrogens (tertiary/aromatic N) is 1. The highest BCUT2D eigenvalue weighted by Gasteiger charge is 2.25. The second-order valence-corrected chi connectivity index (χ2v) is 10.0. The van der Waals surface area contributed by atoms with Crippen LogP contribution in [0.25, 0.3) is 21.6 Å². The number of morpholine rings is 1. The Morgan fingerprint density at radius 2 is 1.69 bits per heavy atom. The molecular formula is C27H29NO3S. The molecule has 0 N–H and O–H groups in total. The molecule has 2 aliphatic heterocycles. The summed E-state index contributed by atoms with van der Waals surface area (Å²) < 4.78 is 18.0. The van der Waals surface area contributed by atoms with Crippen LogP contribution in [0.1, 0.15) is 28.8 Å². The number of hydrogen-bond donors (Lipinski definition) is 0. The first-order valence-corrected chi connectivity index (χ1v) is 12.6. The van der Waals surface area contributed by atoms with Gasteiger partial charge in [-0.25, -0.2) is 0 Å². The van der Waals surface area contributed by atoms with Crippen LogP contribution >= 0.6 is 11.3 Å². The lowest BCUT2D eigenvalue weighted by molar-refractivity contribution is 0.0183. The Labute approximate surface area is 193 Å². The smallest absolute Gasteiger partial charge is 0.136 e. The van der Waals surface area contributed by atoms with Crippen molar-refractivity contribution in [2.45, 2.75) is 32.3 Å². The molecule has 2 aromatic carbocycles. The molecule has 4 nitrogen and oxygen atoms in total. The Kier molecular flexibility index (Phi) is 5.74. The van der Waals surface area contributed by atoms with Gasteiger partial charge in [0.2, 0.25) is 0 Å². The molecule has 0 spiro atoms. The summed E-state index contributed by atoms with van der Waals surface area (Å²) >= 11 is 1.85. The molecule has 0 atom stereocenters. The highest BCUT2D eigenvalue weighted by molar-refractivity contribution is 7.16. The first kappa shape index (κ1) is 20.4. The number of ether oxygens (including phenoxy) is 3. The van der Waals surface area contributed by atoms with E-state index in [1.165, 1.54) is 56.8 Å². The number of fused-ring (bicyclic) bond motifs is 6. The number of hydrogen-bond acceptors (Lipinski definition) is 5. The zero-order valence-electron chi connectivity index (χ0n) is 18.4. The first-order valence-electron chi connectivity index (χ1n) is 11.8. The third-order valence-corrected chi connectivity index (χ3v) is 7.91. The summed E-state index contributed by atoms with van der Waals surface area (Å²) in [6, 6.07) is 15.4. The molecular weight excluding hydrogens is 418 g/mol. The van der Waals surface area contributed by atoms with Crippen molar-refractivity contribution < 1.29 is 14.2 Å². The molecule has 3 aromatic rings. The van der Waals surface area contributed by atoms with E-state index in [0.29, 0.717) is 6.61 Å². The quantitative estimate of drug-likeness (QED) is 0.356. The molecule has 1 aromatic heterocycles. The fourth-order valence-electron chi connectivity index (χ4n) is 5.03. The summed E-state index contributed by atoms with van der Waals surface area (Å²) in [5, 5.41) is 0. The fraction of sp³-hybridized carbons (Fsp3) is 0.407. The van der Waals surface area contributed by atoms with E-state index in [-0.39, 0.29) is 0 Å². The molecule has 0 radical (unpaired) electrons. The Balaban J connectivity index is 1.29. The monoisotopic (exact) mass is 447 g/mol. The topological polar surface area (TPSA) is 30.9 Å². The van der Waals surface area contributed by atoms with Gasteiger partial charge in [-0.3, -0.25) is 4.90 Å². The Bertz CT molecular complexity index is 1120. The Morgan fingerprint density at radius 3 is 2.56 bits per heavy atom. The van der Waals surface area contributed by atoms with E-state index >= 15 is 0 Å². The van der Waals surface area contributed by atoms with Crippen LogP contribution in [-0.4, -0.2) is 44.4 Å². The van der Waals surface area contributed by atoms with E-state index in [1.54, 1.807) is 0 Å². The van der Waals surface area contributed by atoms with Crippen LogP contribution in [0.5, 0.6) is 11.5 Å². The maximum atomic E-state index is 6.47. The van der Waals surface area contributed by atoms with Crippen molar-refractivity contribution in [3.05, 3.63) is 58.5 Å². The van der Waals surface area contributed by atoms with Gasteiger partial charge in [0.05, 0.1) is 26.4 Å². The van der Waals surface area contributed by atoms with Gasteiger partial charge in [0.15, 0.2) is 0 Å². The van der Waals surface area contributed by atoms with Crippen molar-refractivity contribution >= 4 is 11.3 Å². The predicted octanol–water partition coefficient (Wildman–Crippen LogP) is 5.92. The number of rotatable bonds is 5. The van der Waals surface area contributed by atoms with Gasteiger partial charge in [0.1, 0.15) is 11.5 Å². The minimum absolute atomic E-state index is 0.658. The molecule has 1 fully saturated rings. The van der Waals surface area contributed by atoms with Gasteiger partial charge in [-0.15, -0.1) is 11.3 Å². The summed E-state index contributed by atoms with van der Waals surface area (Å²) in [7, 11) is 0. The summed E-state index contributed by atoms with van der Waals surface area (Å²) in [4.78, 5) is 5.00. The number of benzene rings is 2. The summed E-state index contributed by atoms with van der Waals surface area (Å²) in [6.07, 6.45) is 4.89. The molecule has 0 saturated carbocycles. The Hall–Kier alpha value is -2.18. The standard InChI is InChI=1S/C27H29NO3S/c1-2-6-20-16-26-24(15-19(20)5-1)27-23(22-7-3-4-8-25(22)31-26)17-21(32-27)18-30-14-11-28-9-12-29-13-10-28/h3-4,7-8,15-17H,1-2,5-6,9-14,18H2. The van der Waals surface area contributed by atoms with Crippen LogP contribution in [0.4, 0.5) is 0 Å². The lowest BCUT2D eigenvalue weighted by Gasteiger charge is -2.26. The number of aryl methyl sites for hydroxylation is 2. The highest BCUT2D eigenvalue weighted by Crippen LogP contribution is 2.51. The van der Waals surface area contributed by atoms with Gasteiger partial charge < -0.3 is 14.2 Å². The maximum Gasteiger partial charge on any atom is 0.136 e. The van der Waals surface area contributed by atoms with Crippen molar-refractivity contribution in [1.29, 1.82) is 0 Å². The molecule has 1 aliphatic carbocycles. The minimum Gasteiger partial charge on any atom is -0.456 e.